The largest absolute Gasteiger partial charge is 0.455 e. The summed E-state index contributed by atoms with van der Waals surface area (Å²) in [6.45, 7) is 8.16. The van der Waals surface area contributed by atoms with Crippen molar-refractivity contribution in [2.75, 3.05) is 31.9 Å². The van der Waals surface area contributed by atoms with Gasteiger partial charge in [-0.05, 0) is 20.8 Å². The van der Waals surface area contributed by atoms with Crippen LogP contribution in [0.5, 0.6) is 0 Å². The van der Waals surface area contributed by atoms with Crippen molar-refractivity contribution in [3.63, 3.8) is 0 Å². The molecule has 9 nitrogen and oxygen atoms in total. The Morgan fingerprint density at radius 1 is 1.23 bits per heavy atom. The van der Waals surface area contributed by atoms with Crippen molar-refractivity contribution in [3.05, 3.63) is 11.3 Å². The highest BCUT2D eigenvalue weighted by Crippen LogP contribution is 2.45. The Labute approximate surface area is 178 Å². The lowest BCUT2D eigenvalue weighted by atomic mass is 9.70. The van der Waals surface area contributed by atoms with E-state index in [1.54, 1.807) is 20.8 Å². The highest BCUT2D eigenvalue weighted by atomic mass is 32.2. The summed E-state index contributed by atoms with van der Waals surface area (Å²) in [4.78, 5) is 38.8. The van der Waals surface area contributed by atoms with E-state index < -0.39 is 45.1 Å². The maximum atomic E-state index is 13.1. The number of hydrogen-bond donors (Lipinski definition) is 2. The van der Waals surface area contributed by atoms with Crippen LogP contribution in [0.4, 0.5) is 0 Å². The smallest absolute Gasteiger partial charge is 0.355 e. The number of nitrogens with two attached hydrogens (primary N) is 2. The van der Waals surface area contributed by atoms with Gasteiger partial charge >= 0.3 is 5.97 Å². The van der Waals surface area contributed by atoms with E-state index in [0.717, 1.165) is 38.9 Å². The van der Waals surface area contributed by atoms with Crippen LogP contribution in [0, 0.1) is 5.41 Å². The molecule has 0 spiro atoms. The molecule has 0 radical (unpaired) electrons. The van der Waals surface area contributed by atoms with Crippen LogP contribution in [0.3, 0.4) is 0 Å². The number of ether oxygens (including phenoxy) is 1. The third-order valence-corrected chi connectivity index (χ3v) is 8.76. The molecule has 3 atom stereocenters. The van der Waals surface area contributed by atoms with Crippen molar-refractivity contribution >= 4 is 28.6 Å². The van der Waals surface area contributed by atoms with Gasteiger partial charge in [-0.3, -0.25) is 18.7 Å². The van der Waals surface area contributed by atoms with Gasteiger partial charge in [-0.2, -0.15) is 0 Å². The van der Waals surface area contributed by atoms with Gasteiger partial charge in [0, 0.05) is 24.8 Å². The first kappa shape index (κ1) is 21.5. The van der Waals surface area contributed by atoms with E-state index in [4.69, 9.17) is 16.2 Å². The molecule has 5 rings (SSSR count). The lowest BCUT2D eigenvalue weighted by Gasteiger charge is -2.55. The molecule has 30 heavy (non-hydrogen) atoms. The van der Waals surface area contributed by atoms with E-state index in [2.05, 4.69) is 0 Å². The van der Waals surface area contributed by atoms with Gasteiger partial charge in [0.2, 0.25) is 11.8 Å². The van der Waals surface area contributed by atoms with E-state index in [1.165, 1.54) is 4.90 Å². The minimum Gasteiger partial charge on any atom is -0.455 e. The van der Waals surface area contributed by atoms with Crippen LogP contribution in [-0.4, -0.2) is 80.3 Å². The Morgan fingerprint density at radius 2 is 1.80 bits per heavy atom. The minimum absolute atomic E-state index is 0.206. The summed E-state index contributed by atoms with van der Waals surface area (Å²) >= 11 is 0. The van der Waals surface area contributed by atoms with Gasteiger partial charge < -0.3 is 20.7 Å². The Hall–Kier alpha value is -1.78. The number of β-lactam (4-membered cyclic amide) rings is 1. The molecule has 10 heteroatoms. The normalized spacial score (nSPS) is 38.2. The first-order valence-electron chi connectivity index (χ1n) is 10.4. The van der Waals surface area contributed by atoms with E-state index in [1.807, 2.05) is 0 Å². The first-order valence-corrected chi connectivity index (χ1v) is 11.8. The number of carbonyl (C=O) groups is 3. The van der Waals surface area contributed by atoms with Crippen molar-refractivity contribution in [3.8, 4) is 0 Å². The number of rotatable bonds is 4. The van der Waals surface area contributed by atoms with Gasteiger partial charge in [0.15, 0.2) is 0 Å². The Bertz CT molecular complexity index is 852. The molecule has 2 bridgehead atoms. The second-order valence-electron chi connectivity index (χ2n) is 10.2. The number of nitrogens with zero attached hydrogens (tertiary/aromatic N) is 2. The molecule has 4 N–H and O–H groups in total. The molecule has 5 aliphatic heterocycles. The predicted molar refractivity (Wildman–Crippen MR) is 110 cm³/mol. The molecular formula is C20H31N4O5S+. The van der Waals surface area contributed by atoms with Gasteiger partial charge in [-0.15, -0.1) is 0 Å². The van der Waals surface area contributed by atoms with Crippen molar-refractivity contribution in [1.29, 1.82) is 0 Å². The Kier molecular flexibility index (Phi) is 4.91. The number of primary amides is 1. The van der Waals surface area contributed by atoms with E-state index in [0.29, 0.717) is 16.6 Å². The summed E-state index contributed by atoms with van der Waals surface area (Å²) < 4.78 is 19.2. The minimum atomic E-state index is -1.37. The van der Waals surface area contributed by atoms with Crippen LogP contribution >= 0.6 is 0 Å². The first-order chi connectivity index (χ1) is 13.9. The zero-order chi connectivity index (χ0) is 22.1. The van der Waals surface area contributed by atoms with Gasteiger partial charge in [-0.25, -0.2) is 4.79 Å². The topological polar surface area (TPSA) is 133 Å². The Morgan fingerprint density at radius 3 is 2.30 bits per heavy atom. The molecule has 4 saturated heterocycles. The number of piperidine rings is 3. The van der Waals surface area contributed by atoms with E-state index in [-0.39, 0.29) is 17.4 Å². The molecule has 0 aliphatic carbocycles. The molecule has 1 unspecified atom stereocenters. The number of carbonyl (C=O) groups excluding carboxylic acids is 3. The molecule has 5 aliphatic rings. The molecule has 0 saturated carbocycles. The predicted octanol–water partition coefficient (Wildman–Crippen LogP) is -0.674. The summed E-state index contributed by atoms with van der Waals surface area (Å²) in [6.07, 6.45) is 2.16. The maximum Gasteiger partial charge on any atom is 0.355 e. The lowest BCUT2D eigenvalue weighted by molar-refractivity contribution is -0.940. The van der Waals surface area contributed by atoms with Crippen molar-refractivity contribution < 1.29 is 27.8 Å². The second-order valence-corrected chi connectivity index (χ2v) is 11.7. The third kappa shape index (κ3) is 3.29. The fourth-order valence-electron chi connectivity index (χ4n) is 5.27. The highest BCUT2D eigenvalue weighted by molar-refractivity contribution is 7.86. The van der Waals surface area contributed by atoms with Crippen molar-refractivity contribution in [2.45, 2.75) is 57.1 Å². The summed E-state index contributed by atoms with van der Waals surface area (Å²) in [5.41, 5.74) is 11.3. The standard InChI is InChI=1S/C20H30N4O5S/c1-19(2,3)29-17(26)14-12(11-30(28)16-13(21)15(25)23(14)16)10-24-7-4-20(5-8-24,6-9-24)18(22)27/h13,16H,4-11,21H2,1-3H3,(H-,22,27)/p+1/t13-,16+,20?,24?,30?/m1/s1. The molecule has 0 aromatic rings. The van der Waals surface area contributed by atoms with Crippen LogP contribution in [0.2, 0.25) is 0 Å². The van der Waals surface area contributed by atoms with Gasteiger partial charge in [-0.1, -0.05) is 0 Å². The average molecular weight is 440 g/mol. The molecule has 0 aromatic heterocycles. The lowest BCUT2D eigenvalue weighted by Crippen LogP contribution is -2.72. The third-order valence-electron chi connectivity index (χ3n) is 7.08. The average Bonchev–Trinajstić information content (AvgIpc) is 2.66. The number of amides is 2. The van der Waals surface area contributed by atoms with Crippen LogP contribution in [0.1, 0.15) is 40.0 Å². The maximum absolute atomic E-state index is 13.1. The van der Waals surface area contributed by atoms with Crippen LogP contribution in [0.25, 0.3) is 0 Å². The number of esters is 1. The Balaban J connectivity index is 1.66. The van der Waals surface area contributed by atoms with E-state index >= 15 is 0 Å². The summed E-state index contributed by atoms with van der Waals surface area (Å²) in [5, 5.41) is -0.672. The number of hydrogen-bond acceptors (Lipinski definition) is 6. The summed E-state index contributed by atoms with van der Waals surface area (Å²) in [7, 11) is -1.37. The fraction of sp³-hybridized carbons (Fsp3) is 0.750. The van der Waals surface area contributed by atoms with Crippen molar-refractivity contribution in [1.82, 2.24) is 4.90 Å². The monoisotopic (exact) mass is 439 g/mol. The zero-order valence-electron chi connectivity index (χ0n) is 17.8. The molecule has 166 valence electrons. The van der Waals surface area contributed by atoms with Crippen LogP contribution in [0.15, 0.2) is 11.3 Å². The molecule has 2 amide bonds. The molecule has 5 heterocycles. The zero-order valence-corrected chi connectivity index (χ0v) is 18.6. The van der Waals surface area contributed by atoms with Crippen molar-refractivity contribution in [2.24, 2.45) is 16.9 Å². The second kappa shape index (κ2) is 6.86. The summed E-state index contributed by atoms with van der Waals surface area (Å²) in [6, 6.07) is -0.849. The van der Waals surface area contributed by atoms with Gasteiger partial charge in [0.05, 0.1) is 41.6 Å². The quantitative estimate of drug-likeness (QED) is 0.339. The number of fused-ring (bicyclic) bond motifs is 4. The highest BCUT2D eigenvalue weighted by Gasteiger charge is 2.57. The number of quaternary nitrogens is 1. The van der Waals surface area contributed by atoms with Gasteiger partial charge in [0.25, 0.3) is 0 Å². The fourth-order valence-corrected chi connectivity index (χ4v) is 6.90. The molecule has 4 fully saturated rings. The van der Waals surface area contributed by atoms with E-state index in [9.17, 15) is 18.6 Å². The van der Waals surface area contributed by atoms with Crippen LogP contribution in [-0.2, 0) is 29.9 Å². The molecule has 0 aromatic carbocycles. The molecular weight excluding hydrogens is 408 g/mol. The van der Waals surface area contributed by atoms with Gasteiger partial charge in [0.1, 0.15) is 29.3 Å². The van der Waals surface area contributed by atoms with Crippen LogP contribution < -0.4 is 11.5 Å². The SMILES string of the molecule is CC(C)(C)OC(=O)C1=C(C[N+]23CCC(C(N)=O)(CC2)CC3)CS(=O)[C@H]2[C@H](N)C(=O)N12. The summed E-state index contributed by atoms with van der Waals surface area (Å²) in [5.74, 6) is -0.984.